The number of nitrogens with one attached hydrogen (secondary N) is 2. The van der Waals surface area contributed by atoms with E-state index in [9.17, 15) is 13.6 Å². The van der Waals surface area contributed by atoms with Gasteiger partial charge in [-0.2, -0.15) is 0 Å². The lowest BCUT2D eigenvalue weighted by Crippen LogP contribution is -2.25. The molecule has 3 nitrogen and oxygen atoms in total. The second kappa shape index (κ2) is 4.98. The van der Waals surface area contributed by atoms with E-state index in [4.69, 9.17) is 11.6 Å². The molecule has 1 unspecified atom stereocenters. The molecule has 2 rings (SSSR count). The Morgan fingerprint density at radius 1 is 1.47 bits per heavy atom. The highest BCUT2D eigenvalue weighted by Crippen LogP contribution is 2.27. The van der Waals surface area contributed by atoms with Crippen molar-refractivity contribution < 1.29 is 13.6 Å². The minimum absolute atomic E-state index is 0.137. The van der Waals surface area contributed by atoms with Gasteiger partial charge in [0.15, 0.2) is 5.82 Å². The number of rotatable bonds is 2. The van der Waals surface area contributed by atoms with Crippen LogP contribution in [0.2, 0.25) is 5.02 Å². The van der Waals surface area contributed by atoms with Gasteiger partial charge in [-0.25, -0.2) is 8.78 Å². The fourth-order valence-electron chi connectivity index (χ4n) is 1.77. The smallest absolute Gasteiger partial charge is 0.228 e. The summed E-state index contributed by atoms with van der Waals surface area (Å²) >= 11 is 5.68. The Labute approximate surface area is 102 Å². The summed E-state index contributed by atoms with van der Waals surface area (Å²) in [6.45, 7) is 1.32. The number of carbonyl (C=O) groups excluding carboxylic acids is 1. The van der Waals surface area contributed by atoms with Gasteiger partial charge in [-0.05, 0) is 19.0 Å². The monoisotopic (exact) mass is 260 g/mol. The lowest BCUT2D eigenvalue weighted by molar-refractivity contribution is -0.119. The SMILES string of the molecule is O=C(Nc1c(F)cc(F)cc1Cl)C1CCNC1. The first kappa shape index (κ1) is 12.3. The van der Waals surface area contributed by atoms with Crippen molar-refractivity contribution in [1.29, 1.82) is 0 Å². The van der Waals surface area contributed by atoms with Crippen molar-refractivity contribution in [2.24, 2.45) is 5.92 Å². The molecule has 0 aromatic heterocycles. The van der Waals surface area contributed by atoms with Gasteiger partial charge in [0, 0.05) is 12.6 Å². The predicted molar refractivity (Wildman–Crippen MR) is 61.0 cm³/mol. The molecule has 1 amide bonds. The summed E-state index contributed by atoms with van der Waals surface area (Å²) in [6.07, 6.45) is 0.701. The number of hydrogen-bond acceptors (Lipinski definition) is 2. The van der Waals surface area contributed by atoms with Crippen LogP contribution in [0.5, 0.6) is 0 Å². The van der Waals surface area contributed by atoms with E-state index < -0.39 is 11.6 Å². The molecule has 1 atom stereocenters. The largest absolute Gasteiger partial charge is 0.322 e. The molecule has 17 heavy (non-hydrogen) atoms. The van der Waals surface area contributed by atoms with Crippen LogP contribution in [0.15, 0.2) is 12.1 Å². The molecule has 0 saturated carbocycles. The first-order valence-electron chi connectivity index (χ1n) is 5.24. The second-order valence-corrected chi connectivity index (χ2v) is 4.33. The zero-order chi connectivity index (χ0) is 12.4. The van der Waals surface area contributed by atoms with Crippen LogP contribution < -0.4 is 10.6 Å². The highest BCUT2D eigenvalue weighted by molar-refractivity contribution is 6.33. The summed E-state index contributed by atoms with van der Waals surface area (Å²) < 4.78 is 26.2. The van der Waals surface area contributed by atoms with E-state index in [1.165, 1.54) is 0 Å². The summed E-state index contributed by atoms with van der Waals surface area (Å²) in [4.78, 5) is 11.7. The Kier molecular flexibility index (Phi) is 3.59. The molecule has 1 heterocycles. The highest BCUT2D eigenvalue weighted by atomic mass is 35.5. The molecule has 1 aliphatic rings. The van der Waals surface area contributed by atoms with Crippen LogP contribution in [-0.4, -0.2) is 19.0 Å². The quantitative estimate of drug-likeness (QED) is 0.856. The second-order valence-electron chi connectivity index (χ2n) is 3.92. The van der Waals surface area contributed by atoms with Gasteiger partial charge >= 0.3 is 0 Å². The van der Waals surface area contributed by atoms with Gasteiger partial charge in [-0.15, -0.1) is 0 Å². The Morgan fingerprint density at radius 3 is 2.82 bits per heavy atom. The summed E-state index contributed by atoms with van der Waals surface area (Å²) in [5, 5.41) is 5.29. The fraction of sp³-hybridized carbons (Fsp3) is 0.364. The number of halogens is 3. The van der Waals surface area contributed by atoms with Crippen LogP contribution >= 0.6 is 11.6 Å². The molecule has 2 N–H and O–H groups in total. The summed E-state index contributed by atoms with van der Waals surface area (Å²) in [6, 6.07) is 1.65. The number of benzene rings is 1. The number of carbonyl (C=O) groups is 1. The van der Waals surface area contributed by atoms with Gasteiger partial charge < -0.3 is 10.6 Å². The molecule has 1 aliphatic heterocycles. The van der Waals surface area contributed by atoms with E-state index >= 15 is 0 Å². The van der Waals surface area contributed by atoms with Crippen molar-refractivity contribution in [1.82, 2.24) is 5.32 Å². The normalized spacial score (nSPS) is 19.4. The Morgan fingerprint density at radius 2 is 2.24 bits per heavy atom. The van der Waals surface area contributed by atoms with Crippen LogP contribution in [-0.2, 0) is 4.79 Å². The fourth-order valence-corrected chi connectivity index (χ4v) is 2.01. The summed E-state index contributed by atoms with van der Waals surface area (Å²) in [5.41, 5.74) is -0.162. The van der Waals surface area contributed by atoms with Crippen molar-refractivity contribution in [3.8, 4) is 0 Å². The van der Waals surface area contributed by atoms with Crippen LogP contribution in [0.4, 0.5) is 14.5 Å². The minimum Gasteiger partial charge on any atom is -0.322 e. The summed E-state index contributed by atoms with van der Waals surface area (Å²) in [7, 11) is 0. The van der Waals surface area contributed by atoms with Gasteiger partial charge in [-0.3, -0.25) is 4.79 Å². The van der Waals surface area contributed by atoms with Gasteiger partial charge in [0.2, 0.25) is 5.91 Å². The third-order valence-corrected chi connectivity index (χ3v) is 2.98. The average Bonchev–Trinajstić information content (AvgIpc) is 2.76. The zero-order valence-electron chi connectivity index (χ0n) is 8.90. The van der Waals surface area contributed by atoms with E-state index in [1.54, 1.807) is 0 Å². The molecular formula is C11H11ClF2N2O. The molecule has 0 spiro atoms. The number of hydrogen-bond donors (Lipinski definition) is 2. The molecule has 0 bridgehead atoms. The molecule has 1 aromatic carbocycles. The lowest BCUT2D eigenvalue weighted by atomic mass is 10.1. The molecule has 1 saturated heterocycles. The van der Waals surface area contributed by atoms with Crippen molar-refractivity contribution in [3.05, 3.63) is 28.8 Å². The molecule has 6 heteroatoms. The Hall–Kier alpha value is -1.20. The van der Waals surface area contributed by atoms with Gasteiger partial charge in [0.1, 0.15) is 5.82 Å². The molecule has 0 aliphatic carbocycles. The zero-order valence-corrected chi connectivity index (χ0v) is 9.65. The maximum atomic E-state index is 13.4. The van der Waals surface area contributed by atoms with Crippen LogP contribution in [0.3, 0.4) is 0 Å². The van der Waals surface area contributed by atoms with Crippen molar-refractivity contribution in [3.63, 3.8) is 0 Å². The minimum atomic E-state index is -0.866. The maximum Gasteiger partial charge on any atom is 0.228 e. The van der Waals surface area contributed by atoms with E-state index in [-0.39, 0.29) is 22.5 Å². The third-order valence-electron chi connectivity index (χ3n) is 2.69. The Balaban J connectivity index is 2.15. The van der Waals surface area contributed by atoms with Crippen LogP contribution in [0.1, 0.15) is 6.42 Å². The topological polar surface area (TPSA) is 41.1 Å². The van der Waals surface area contributed by atoms with E-state index in [0.717, 1.165) is 12.6 Å². The average molecular weight is 261 g/mol. The van der Waals surface area contributed by atoms with Gasteiger partial charge in [0.05, 0.1) is 16.6 Å². The number of anilines is 1. The standard InChI is InChI=1S/C11H11ClF2N2O/c12-8-3-7(13)4-9(14)10(8)16-11(17)6-1-2-15-5-6/h3-4,6,15H,1-2,5H2,(H,16,17). The third kappa shape index (κ3) is 2.73. The first-order valence-corrected chi connectivity index (χ1v) is 5.62. The van der Waals surface area contributed by atoms with E-state index in [1.807, 2.05) is 0 Å². The number of amides is 1. The Bertz CT molecular complexity index is 424. The molecular weight excluding hydrogens is 250 g/mol. The maximum absolute atomic E-state index is 13.4. The summed E-state index contributed by atoms with van der Waals surface area (Å²) in [5.74, 6) is -2.14. The molecule has 92 valence electrons. The predicted octanol–water partition coefficient (Wildman–Crippen LogP) is 2.17. The van der Waals surface area contributed by atoms with Crippen LogP contribution in [0, 0.1) is 17.6 Å². The van der Waals surface area contributed by atoms with E-state index in [0.29, 0.717) is 19.0 Å². The molecule has 0 radical (unpaired) electrons. The highest BCUT2D eigenvalue weighted by Gasteiger charge is 2.24. The van der Waals surface area contributed by atoms with Gasteiger partial charge in [0.25, 0.3) is 0 Å². The van der Waals surface area contributed by atoms with Crippen LogP contribution in [0.25, 0.3) is 0 Å². The van der Waals surface area contributed by atoms with Gasteiger partial charge in [-0.1, -0.05) is 11.6 Å². The van der Waals surface area contributed by atoms with Crippen molar-refractivity contribution >= 4 is 23.2 Å². The van der Waals surface area contributed by atoms with Crippen molar-refractivity contribution in [2.75, 3.05) is 18.4 Å². The molecule has 1 fully saturated rings. The lowest BCUT2D eigenvalue weighted by Gasteiger charge is -2.12. The molecule has 1 aromatic rings. The first-order chi connectivity index (χ1) is 8.08. The van der Waals surface area contributed by atoms with Crippen molar-refractivity contribution in [2.45, 2.75) is 6.42 Å². The van der Waals surface area contributed by atoms with E-state index in [2.05, 4.69) is 10.6 Å².